The number of allylic oxidation sites excluding steroid dienone is 8. The Morgan fingerprint density at radius 2 is 1.28 bits per heavy atom. The number of carboxylic acid groups (broad SMARTS) is 2. The molecule has 0 amide bonds. The molecule has 2 N–H and O–H groups in total. The minimum Gasteiger partial charge on any atom is -0.478 e. The summed E-state index contributed by atoms with van der Waals surface area (Å²) < 4.78 is 0. The molecule has 0 aliphatic rings. The van der Waals surface area contributed by atoms with E-state index in [1.807, 2.05) is 0 Å². The molecule has 0 aliphatic carbocycles. The van der Waals surface area contributed by atoms with Crippen LogP contribution in [0.4, 0.5) is 0 Å². The van der Waals surface area contributed by atoms with Gasteiger partial charge in [0.2, 0.25) is 0 Å². The molecule has 18 heavy (non-hydrogen) atoms. The predicted molar refractivity (Wildman–Crippen MR) is 68.0 cm³/mol. The van der Waals surface area contributed by atoms with Crippen LogP contribution in [0.15, 0.2) is 72.2 Å². The van der Waals surface area contributed by atoms with Crippen molar-refractivity contribution in [3.8, 4) is 0 Å². The molecule has 0 rings (SSSR count). The maximum Gasteiger partial charge on any atom is 0.336 e. The molecular weight excluding hydrogens is 232 g/mol. The second-order valence-electron chi connectivity index (χ2n) is 2.79. The summed E-state index contributed by atoms with van der Waals surface area (Å²) >= 11 is 0. The van der Waals surface area contributed by atoms with Crippen LogP contribution in [0.3, 0.4) is 0 Å². The first-order valence-electron chi connectivity index (χ1n) is 4.93. The van der Waals surface area contributed by atoms with E-state index in [-0.39, 0.29) is 0 Å². The van der Waals surface area contributed by atoms with Crippen LogP contribution in [-0.2, 0) is 9.59 Å². The van der Waals surface area contributed by atoms with E-state index >= 15 is 0 Å². The summed E-state index contributed by atoms with van der Waals surface area (Å²) in [7, 11) is 0. The molecule has 0 heterocycles. The number of carbonyl (C=O) groups is 2. The second-order valence-corrected chi connectivity index (χ2v) is 2.79. The molecule has 0 bridgehead atoms. The van der Waals surface area contributed by atoms with E-state index in [4.69, 9.17) is 10.2 Å². The SMILES string of the molecule is O=C(O)C=C=C=CC=CC=CC=CC=CC(=O)O. The Morgan fingerprint density at radius 1 is 0.722 bits per heavy atom. The minimum atomic E-state index is -1.07. The maximum atomic E-state index is 10.1. The Kier molecular flexibility index (Phi) is 9.04. The van der Waals surface area contributed by atoms with Crippen molar-refractivity contribution in [1.29, 1.82) is 0 Å². The first kappa shape index (κ1) is 15.2. The lowest BCUT2D eigenvalue weighted by Gasteiger charge is -1.74. The number of hydrogen-bond acceptors (Lipinski definition) is 2. The van der Waals surface area contributed by atoms with Crippen LogP contribution >= 0.6 is 0 Å². The van der Waals surface area contributed by atoms with Crippen molar-refractivity contribution in [2.45, 2.75) is 0 Å². The Morgan fingerprint density at radius 3 is 1.83 bits per heavy atom. The average Bonchev–Trinajstić information content (AvgIpc) is 2.29. The van der Waals surface area contributed by atoms with Gasteiger partial charge in [0.1, 0.15) is 0 Å². The van der Waals surface area contributed by atoms with Gasteiger partial charge in [0, 0.05) is 6.08 Å². The van der Waals surface area contributed by atoms with E-state index in [9.17, 15) is 9.59 Å². The molecule has 0 atom stereocenters. The van der Waals surface area contributed by atoms with Crippen molar-refractivity contribution >= 4 is 11.9 Å². The fraction of sp³-hybridized carbons (Fsp3) is 0. The molecule has 0 aromatic rings. The summed E-state index contributed by atoms with van der Waals surface area (Å²) in [6.07, 6.45) is 14.9. The first-order valence-corrected chi connectivity index (χ1v) is 4.93. The van der Waals surface area contributed by atoms with Gasteiger partial charge in [0.15, 0.2) is 0 Å². The van der Waals surface area contributed by atoms with Gasteiger partial charge in [0.25, 0.3) is 0 Å². The number of aliphatic carboxylic acids is 2. The molecule has 0 radical (unpaired) electrons. The molecule has 0 saturated heterocycles. The van der Waals surface area contributed by atoms with Crippen molar-refractivity contribution in [3.05, 3.63) is 72.2 Å². The Hall–Kier alpha value is -2.80. The van der Waals surface area contributed by atoms with E-state index in [2.05, 4.69) is 11.5 Å². The summed E-state index contributed by atoms with van der Waals surface area (Å²) in [6, 6.07) is 0. The molecule has 0 saturated carbocycles. The van der Waals surface area contributed by atoms with Gasteiger partial charge in [-0.15, -0.1) is 0 Å². The lowest BCUT2D eigenvalue weighted by atomic mass is 10.4. The highest BCUT2D eigenvalue weighted by molar-refractivity contribution is 5.80. The van der Waals surface area contributed by atoms with Crippen LogP contribution in [-0.4, -0.2) is 22.2 Å². The number of carboxylic acids is 2. The van der Waals surface area contributed by atoms with Crippen LogP contribution < -0.4 is 0 Å². The average molecular weight is 244 g/mol. The van der Waals surface area contributed by atoms with E-state index in [1.54, 1.807) is 36.5 Å². The molecule has 0 aliphatic heterocycles. The van der Waals surface area contributed by atoms with Crippen molar-refractivity contribution in [2.24, 2.45) is 0 Å². The zero-order chi connectivity index (χ0) is 13.6. The topological polar surface area (TPSA) is 74.6 Å². The minimum absolute atomic E-state index is 0.859. The van der Waals surface area contributed by atoms with Crippen molar-refractivity contribution < 1.29 is 19.8 Å². The third kappa shape index (κ3) is 13.2. The summed E-state index contributed by atoms with van der Waals surface area (Å²) in [4.78, 5) is 20.1. The molecule has 0 fully saturated rings. The van der Waals surface area contributed by atoms with Gasteiger partial charge in [-0.25, -0.2) is 9.59 Å². The van der Waals surface area contributed by atoms with Gasteiger partial charge in [0.05, 0.1) is 6.08 Å². The van der Waals surface area contributed by atoms with Gasteiger partial charge >= 0.3 is 11.9 Å². The fourth-order valence-electron chi connectivity index (χ4n) is 0.714. The molecule has 4 heteroatoms. The van der Waals surface area contributed by atoms with Gasteiger partial charge in [-0.2, -0.15) is 0 Å². The number of hydrogen-bond donors (Lipinski definition) is 2. The van der Waals surface area contributed by atoms with Gasteiger partial charge < -0.3 is 10.2 Å². The molecule has 0 unspecified atom stereocenters. The van der Waals surface area contributed by atoms with E-state index in [1.165, 1.54) is 12.2 Å². The van der Waals surface area contributed by atoms with Crippen LogP contribution in [0.2, 0.25) is 0 Å². The highest BCUT2D eigenvalue weighted by atomic mass is 16.4. The lowest BCUT2D eigenvalue weighted by Crippen LogP contribution is -1.84. The summed E-state index contributed by atoms with van der Waals surface area (Å²) in [5.74, 6) is -2.06. The van der Waals surface area contributed by atoms with Crippen LogP contribution in [0.1, 0.15) is 0 Å². The van der Waals surface area contributed by atoms with E-state index in [0.717, 1.165) is 12.2 Å². The molecule has 0 aromatic heterocycles. The van der Waals surface area contributed by atoms with Crippen molar-refractivity contribution in [1.82, 2.24) is 0 Å². The van der Waals surface area contributed by atoms with E-state index < -0.39 is 11.9 Å². The smallest absolute Gasteiger partial charge is 0.336 e. The predicted octanol–water partition coefficient (Wildman–Crippen LogP) is 2.25. The van der Waals surface area contributed by atoms with E-state index in [0.29, 0.717) is 0 Å². The zero-order valence-electron chi connectivity index (χ0n) is 9.48. The monoisotopic (exact) mass is 244 g/mol. The molecule has 0 aromatic carbocycles. The number of rotatable bonds is 6. The lowest BCUT2D eigenvalue weighted by molar-refractivity contribution is -0.132. The summed E-state index contributed by atoms with van der Waals surface area (Å²) in [5, 5.41) is 16.5. The molecule has 0 spiro atoms. The third-order valence-corrected chi connectivity index (χ3v) is 1.36. The van der Waals surface area contributed by atoms with Crippen LogP contribution in [0.25, 0.3) is 0 Å². The largest absolute Gasteiger partial charge is 0.478 e. The van der Waals surface area contributed by atoms with Crippen LogP contribution in [0.5, 0.6) is 0 Å². The first-order chi connectivity index (χ1) is 8.63. The highest BCUT2D eigenvalue weighted by Crippen LogP contribution is 1.83. The third-order valence-electron chi connectivity index (χ3n) is 1.36. The van der Waals surface area contributed by atoms with Crippen molar-refractivity contribution in [3.63, 3.8) is 0 Å². The Balaban J connectivity index is 4.07. The molecule has 4 nitrogen and oxygen atoms in total. The Labute approximate surface area is 105 Å². The van der Waals surface area contributed by atoms with Crippen molar-refractivity contribution in [2.75, 3.05) is 0 Å². The second kappa shape index (κ2) is 10.7. The van der Waals surface area contributed by atoms with Gasteiger partial charge in [-0.05, 0) is 6.08 Å². The normalized spacial score (nSPS) is 10.9. The summed E-state index contributed by atoms with van der Waals surface area (Å²) in [5.41, 5.74) is 4.84. The highest BCUT2D eigenvalue weighted by Gasteiger charge is 1.79. The van der Waals surface area contributed by atoms with Crippen LogP contribution in [0, 0.1) is 0 Å². The zero-order valence-corrected chi connectivity index (χ0v) is 9.48. The van der Waals surface area contributed by atoms with Gasteiger partial charge in [-0.1, -0.05) is 54.0 Å². The molecular formula is C14H12O4. The van der Waals surface area contributed by atoms with Gasteiger partial charge in [-0.3, -0.25) is 0 Å². The Bertz CT molecular complexity index is 492. The fourth-order valence-corrected chi connectivity index (χ4v) is 0.714. The standard InChI is InChI=1S/C14H12O4/c15-13(16)11-9-7-5-3-1-2-4-6-8-10-12-14(17)18/h1-7,9,11-12H,(H,15,16)(H,17,18). The maximum absolute atomic E-state index is 10.1. The quantitative estimate of drug-likeness (QED) is 0.427. The summed E-state index contributed by atoms with van der Waals surface area (Å²) in [6.45, 7) is 0. The molecule has 92 valence electrons.